The van der Waals surface area contributed by atoms with Crippen molar-refractivity contribution in [2.24, 2.45) is 10.9 Å². The van der Waals surface area contributed by atoms with Crippen molar-refractivity contribution in [3.05, 3.63) is 0 Å². The van der Waals surface area contributed by atoms with Crippen molar-refractivity contribution in [3.63, 3.8) is 0 Å². The molecule has 2 aliphatic rings. The fourth-order valence-electron chi connectivity index (χ4n) is 1.80. The number of nitrogens with zero attached hydrogens (tertiary/aromatic N) is 2. The Labute approximate surface area is 103 Å². The highest BCUT2D eigenvalue weighted by Gasteiger charge is 2.35. The van der Waals surface area contributed by atoms with Crippen LogP contribution in [0.5, 0.6) is 0 Å². The van der Waals surface area contributed by atoms with Crippen molar-refractivity contribution in [1.82, 2.24) is 10.2 Å². The third kappa shape index (κ3) is 3.39. The highest BCUT2D eigenvalue weighted by Crippen LogP contribution is 2.41. The summed E-state index contributed by atoms with van der Waals surface area (Å²) >= 11 is 1.96. The van der Waals surface area contributed by atoms with E-state index in [0.29, 0.717) is 6.04 Å². The zero-order chi connectivity index (χ0) is 11.5. The van der Waals surface area contributed by atoms with Gasteiger partial charge in [0.2, 0.25) is 0 Å². The average Bonchev–Trinajstić information content (AvgIpc) is 2.99. The minimum absolute atomic E-state index is 0.624. The lowest BCUT2D eigenvalue weighted by atomic mass is 10.3. The topological polar surface area (TPSA) is 27.6 Å². The molecular weight excluding hydrogens is 218 g/mol. The zero-order valence-electron chi connectivity index (χ0n) is 10.6. The van der Waals surface area contributed by atoms with Gasteiger partial charge in [-0.15, -0.1) is 0 Å². The smallest absolute Gasteiger partial charge is 0.156 e. The van der Waals surface area contributed by atoms with E-state index in [0.717, 1.165) is 30.8 Å². The molecule has 0 aromatic rings. The van der Waals surface area contributed by atoms with Crippen molar-refractivity contribution in [2.45, 2.75) is 38.0 Å². The average molecular weight is 241 g/mol. The predicted molar refractivity (Wildman–Crippen MR) is 72.2 cm³/mol. The Bertz CT molecular complexity index is 261. The first-order valence-corrected chi connectivity index (χ1v) is 7.20. The van der Waals surface area contributed by atoms with Crippen molar-refractivity contribution < 1.29 is 0 Å². The van der Waals surface area contributed by atoms with Gasteiger partial charge in [-0.3, -0.25) is 4.99 Å². The molecule has 1 aliphatic heterocycles. The first-order chi connectivity index (χ1) is 7.66. The maximum absolute atomic E-state index is 4.57. The van der Waals surface area contributed by atoms with Crippen molar-refractivity contribution >= 4 is 16.9 Å². The van der Waals surface area contributed by atoms with Gasteiger partial charge in [-0.05, 0) is 39.7 Å². The molecule has 0 amide bonds. The van der Waals surface area contributed by atoms with Crippen LogP contribution >= 0.6 is 11.8 Å². The minimum atomic E-state index is 0.624. The second kappa shape index (κ2) is 5.41. The molecule has 1 unspecified atom stereocenters. The first-order valence-electron chi connectivity index (χ1n) is 6.32. The summed E-state index contributed by atoms with van der Waals surface area (Å²) in [6.07, 6.45) is 2.85. The van der Waals surface area contributed by atoms with E-state index < -0.39 is 0 Å². The number of hydrogen-bond acceptors (Lipinski definition) is 4. The quantitative estimate of drug-likeness (QED) is 0.795. The molecule has 0 aromatic carbocycles. The fourth-order valence-corrected chi connectivity index (χ4v) is 3.03. The number of thioether (sulfide) groups is 1. The van der Waals surface area contributed by atoms with E-state index in [2.05, 4.69) is 36.1 Å². The molecule has 0 radical (unpaired) electrons. The van der Waals surface area contributed by atoms with Crippen LogP contribution in [0, 0.1) is 5.92 Å². The second-order valence-corrected chi connectivity index (χ2v) is 6.37. The first kappa shape index (κ1) is 12.2. The summed E-state index contributed by atoms with van der Waals surface area (Å²) in [5.74, 6) is 0.964. The van der Waals surface area contributed by atoms with Crippen molar-refractivity contribution in [3.8, 4) is 0 Å². The van der Waals surface area contributed by atoms with E-state index in [9.17, 15) is 0 Å². The molecule has 16 heavy (non-hydrogen) atoms. The summed E-state index contributed by atoms with van der Waals surface area (Å²) in [5.41, 5.74) is 0. The molecule has 1 saturated carbocycles. The normalized spacial score (nSPS) is 25.3. The molecule has 0 saturated heterocycles. The molecule has 0 aromatic heterocycles. The second-order valence-electron chi connectivity index (χ2n) is 5.14. The van der Waals surface area contributed by atoms with E-state index in [1.807, 2.05) is 11.8 Å². The van der Waals surface area contributed by atoms with Crippen LogP contribution in [0.25, 0.3) is 0 Å². The third-order valence-electron chi connectivity index (χ3n) is 3.45. The largest absolute Gasteiger partial charge is 0.364 e. The van der Waals surface area contributed by atoms with Crippen LogP contribution in [-0.2, 0) is 0 Å². The molecule has 0 bridgehead atoms. The van der Waals surface area contributed by atoms with Crippen LogP contribution < -0.4 is 5.32 Å². The number of aliphatic imine (C=N–C) groups is 1. The summed E-state index contributed by atoms with van der Waals surface area (Å²) in [6, 6.07) is 0.624. The Kier molecular flexibility index (Phi) is 4.14. The SMILES string of the molecule is CC(C)N(C)CCNC1=NCC(C2CC2)S1. The van der Waals surface area contributed by atoms with Crippen LogP contribution in [0.3, 0.4) is 0 Å². The molecule has 4 heteroatoms. The van der Waals surface area contributed by atoms with E-state index in [4.69, 9.17) is 0 Å². The lowest BCUT2D eigenvalue weighted by molar-refractivity contribution is 0.278. The highest BCUT2D eigenvalue weighted by atomic mass is 32.2. The standard InChI is InChI=1S/C12H23N3S/c1-9(2)15(3)7-6-13-12-14-8-11(16-12)10-4-5-10/h9-11H,4-8H2,1-3H3,(H,13,14). The molecule has 1 fully saturated rings. The number of nitrogens with one attached hydrogen (secondary N) is 1. The van der Waals surface area contributed by atoms with E-state index in [1.54, 1.807) is 0 Å². The van der Waals surface area contributed by atoms with Gasteiger partial charge in [0.15, 0.2) is 5.17 Å². The van der Waals surface area contributed by atoms with Gasteiger partial charge in [0.1, 0.15) is 0 Å². The number of likely N-dealkylation sites (N-methyl/N-ethyl adjacent to an activating group) is 1. The van der Waals surface area contributed by atoms with Crippen LogP contribution in [0.4, 0.5) is 0 Å². The van der Waals surface area contributed by atoms with E-state index in [-0.39, 0.29) is 0 Å². The molecule has 1 atom stereocenters. The zero-order valence-corrected chi connectivity index (χ0v) is 11.4. The van der Waals surface area contributed by atoms with E-state index >= 15 is 0 Å². The molecule has 1 aliphatic carbocycles. The molecule has 2 rings (SSSR count). The van der Waals surface area contributed by atoms with E-state index in [1.165, 1.54) is 18.0 Å². The Morgan fingerprint density at radius 1 is 1.50 bits per heavy atom. The summed E-state index contributed by atoms with van der Waals surface area (Å²) in [6.45, 7) is 7.59. The lowest BCUT2D eigenvalue weighted by Crippen LogP contribution is -2.35. The Hall–Kier alpha value is -0.220. The molecular formula is C12H23N3S. The summed E-state index contributed by atoms with van der Waals surface area (Å²) in [7, 11) is 2.17. The monoisotopic (exact) mass is 241 g/mol. The minimum Gasteiger partial charge on any atom is -0.364 e. The van der Waals surface area contributed by atoms with Crippen molar-refractivity contribution in [1.29, 1.82) is 0 Å². The summed E-state index contributed by atoms with van der Waals surface area (Å²) < 4.78 is 0. The van der Waals surface area contributed by atoms with Gasteiger partial charge in [-0.1, -0.05) is 11.8 Å². The van der Waals surface area contributed by atoms with Crippen LogP contribution in [0.15, 0.2) is 4.99 Å². The summed E-state index contributed by atoms with van der Waals surface area (Å²) in [4.78, 5) is 6.92. The van der Waals surface area contributed by atoms with Gasteiger partial charge in [0, 0.05) is 24.4 Å². The van der Waals surface area contributed by atoms with Gasteiger partial charge in [0.25, 0.3) is 0 Å². The van der Waals surface area contributed by atoms with Crippen molar-refractivity contribution in [2.75, 3.05) is 26.7 Å². The molecule has 0 spiro atoms. The lowest BCUT2D eigenvalue weighted by Gasteiger charge is -2.21. The third-order valence-corrected chi connectivity index (χ3v) is 4.78. The van der Waals surface area contributed by atoms with Gasteiger partial charge in [-0.2, -0.15) is 0 Å². The predicted octanol–water partition coefficient (Wildman–Crippen LogP) is 1.80. The number of amidine groups is 1. The van der Waals surface area contributed by atoms with Gasteiger partial charge in [0.05, 0.1) is 6.54 Å². The number of hydrogen-bond donors (Lipinski definition) is 1. The number of rotatable bonds is 5. The molecule has 1 N–H and O–H groups in total. The Morgan fingerprint density at radius 3 is 2.88 bits per heavy atom. The maximum atomic E-state index is 4.57. The molecule has 92 valence electrons. The van der Waals surface area contributed by atoms with Gasteiger partial charge < -0.3 is 10.2 Å². The maximum Gasteiger partial charge on any atom is 0.156 e. The summed E-state index contributed by atoms with van der Waals surface area (Å²) in [5, 5.41) is 5.41. The Morgan fingerprint density at radius 2 is 2.25 bits per heavy atom. The fraction of sp³-hybridized carbons (Fsp3) is 0.917. The van der Waals surface area contributed by atoms with Crippen LogP contribution in [0.2, 0.25) is 0 Å². The van der Waals surface area contributed by atoms with Gasteiger partial charge in [-0.25, -0.2) is 0 Å². The molecule has 3 nitrogen and oxygen atoms in total. The van der Waals surface area contributed by atoms with Crippen LogP contribution in [-0.4, -0.2) is 48.0 Å². The van der Waals surface area contributed by atoms with Gasteiger partial charge >= 0.3 is 0 Å². The van der Waals surface area contributed by atoms with Crippen LogP contribution in [0.1, 0.15) is 26.7 Å². The Balaban J connectivity index is 1.60. The molecule has 1 heterocycles. The highest BCUT2D eigenvalue weighted by molar-refractivity contribution is 8.14.